The molecule has 0 aromatic heterocycles. The highest BCUT2D eigenvalue weighted by Gasteiger charge is 2.22. The zero-order valence-corrected chi connectivity index (χ0v) is 8.47. The molecule has 0 saturated carbocycles. The van der Waals surface area contributed by atoms with Gasteiger partial charge in [-0.2, -0.15) is 0 Å². The van der Waals surface area contributed by atoms with E-state index in [1.54, 1.807) is 0 Å². The minimum Gasteiger partial charge on any atom is -0.396 e. The second-order valence-corrected chi connectivity index (χ2v) is 3.65. The fourth-order valence-corrected chi connectivity index (χ4v) is 2.06. The van der Waals surface area contributed by atoms with Crippen molar-refractivity contribution in [2.75, 3.05) is 26.2 Å². The molecule has 0 amide bonds. The van der Waals surface area contributed by atoms with Crippen LogP contribution in [-0.4, -0.2) is 42.3 Å². The highest BCUT2D eigenvalue weighted by atomic mass is 16.2. The number of hydrogen-bond donors (Lipinski definition) is 1. The zero-order valence-electron chi connectivity index (χ0n) is 8.47. The van der Waals surface area contributed by atoms with Gasteiger partial charge in [-0.3, -0.25) is 0 Å². The van der Waals surface area contributed by atoms with Gasteiger partial charge in [0, 0.05) is 30.6 Å². The maximum Gasteiger partial charge on any atom is 0.0431 e. The van der Waals surface area contributed by atoms with Crippen molar-refractivity contribution in [1.82, 2.24) is 4.90 Å². The summed E-state index contributed by atoms with van der Waals surface area (Å²) in [6.45, 7) is 2.81. The minimum absolute atomic E-state index is 0.278. The van der Waals surface area contributed by atoms with Crippen molar-refractivity contribution in [1.29, 1.82) is 0 Å². The summed E-state index contributed by atoms with van der Waals surface area (Å²) in [7, 11) is 0. The van der Waals surface area contributed by atoms with E-state index in [1.807, 2.05) is 0 Å². The van der Waals surface area contributed by atoms with E-state index in [0.29, 0.717) is 12.6 Å². The van der Waals surface area contributed by atoms with Crippen LogP contribution in [0.1, 0.15) is 25.7 Å². The van der Waals surface area contributed by atoms with Gasteiger partial charge < -0.3 is 10.0 Å². The van der Waals surface area contributed by atoms with Crippen molar-refractivity contribution in [3.8, 4) is 0 Å². The van der Waals surface area contributed by atoms with Crippen LogP contribution in [0.4, 0.5) is 0 Å². The largest absolute Gasteiger partial charge is 0.396 e. The second-order valence-electron chi connectivity index (χ2n) is 3.65. The normalized spacial score (nSPS) is 22.2. The molecule has 14 heavy (non-hydrogen) atoms. The van der Waals surface area contributed by atoms with Gasteiger partial charge in [0.05, 0.1) is 0 Å². The third-order valence-electron chi connectivity index (χ3n) is 2.74. The first-order valence-electron chi connectivity index (χ1n) is 5.24. The van der Waals surface area contributed by atoms with Crippen molar-refractivity contribution in [2.45, 2.75) is 31.7 Å². The number of hydrogen-bond acceptors (Lipinski definition) is 3. The Morgan fingerprint density at radius 2 is 2.43 bits per heavy atom. The molecule has 0 bridgehead atoms. The van der Waals surface area contributed by atoms with E-state index in [4.69, 9.17) is 10.6 Å². The molecule has 1 N–H and O–H groups in total. The van der Waals surface area contributed by atoms with Crippen LogP contribution < -0.4 is 0 Å². The first-order chi connectivity index (χ1) is 6.88. The molecule has 1 unspecified atom stereocenters. The van der Waals surface area contributed by atoms with Crippen LogP contribution in [0.15, 0.2) is 5.11 Å². The van der Waals surface area contributed by atoms with Gasteiger partial charge in [-0.1, -0.05) is 5.11 Å². The SMILES string of the molecule is [N-]=[N+]=NCCN1CCCC1CCCO. The van der Waals surface area contributed by atoms with E-state index in [1.165, 1.54) is 12.8 Å². The van der Waals surface area contributed by atoms with Crippen molar-refractivity contribution < 1.29 is 5.11 Å². The molecule has 0 radical (unpaired) electrons. The molecule has 0 spiro atoms. The number of likely N-dealkylation sites (tertiary alicyclic amines) is 1. The van der Waals surface area contributed by atoms with Gasteiger partial charge in [0.2, 0.25) is 0 Å². The van der Waals surface area contributed by atoms with Crippen molar-refractivity contribution in [2.24, 2.45) is 5.11 Å². The summed E-state index contributed by atoms with van der Waals surface area (Å²) < 4.78 is 0. The summed E-state index contributed by atoms with van der Waals surface area (Å²) in [5.41, 5.74) is 8.15. The number of aliphatic hydroxyl groups excluding tert-OH is 1. The first kappa shape index (κ1) is 11.3. The van der Waals surface area contributed by atoms with Gasteiger partial charge in [0.25, 0.3) is 0 Å². The molecule has 1 fully saturated rings. The zero-order chi connectivity index (χ0) is 10.2. The first-order valence-corrected chi connectivity index (χ1v) is 5.24. The van der Waals surface area contributed by atoms with Crippen LogP contribution in [0.3, 0.4) is 0 Å². The Morgan fingerprint density at radius 3 is 3.14 bits per heavy atom. The highest BCUT2D eigenvalue weighted by Crippen LogP contribution is 2.20. The molecule has 0 aliphatic carbocycles. The van der Waals surface area contributed by atoms with Crippen molar-refractivity contribution >= 4 is 0 Å². The molecular weight excluding hydrogens is 180 g/mol. The number of azide groups is 1. The van der Waals surface area contributed by atoms with Gasteiger partial charge in [-0.25, -0.2) is 0 Å². The van der Waals surface area contributed by atoms with Gasteiger partial charge in [0.15, 0.2) is 0 Å². The molecule has 1 rings (SSSR count). The summed E-state index contributed by atoms with van der Waals surface area (Å²) in [5.74, 6) is 0. The molecule has 1 atom stereocenters. The predicted molar refractivity (Wildman–Crippen MR) is 54.9 cm³/mol. The van der Waals surface area contributed by atoms with Crippen LogP contribution >= 0.6 is 0 Å². The molecule has 1 saturated heterocycles. The van der Waals surface area contributed by atoms with E-state index in [2.05, 4.69) is 14.9 Å². The third kappa shape index (κ3) is 3.54. The lowest BCUT2D eigenvalue weighted by atomic mass is 10.1. The average molecular weight is 198 g/mol. The quantitative estimate of drug-likeness (QED) is 0.399. The van der Waals surface area contributed by atoms with Crippen molar-refractivity contribution in [3.63, 3.8) is 0 Å². The Bertz CT molecular complexity index is 203. The molecule has 1 aliphatic heterocycles. The lowest BCUT2D eigenvalue weighted by molar-refractivity contribution is 0.220. The van der Waals surface area contributed by atoms with Crippen LogP contribution in [0, 0.1) is 0 Å². The smallest absolute Gasteiger partial charge is 0.0431 e. The molecule has 1 aliphatic rings. The van der Waals surface area contributed by atoms with Crippen LogP contribution in [0.2, 0.25) is 0 Å². The molecule has 80 valence electrons. The van der Waals surface area contributed by atoms with Gasteiger partial charge >= 0.3 is 0 Å². The summed E-state index contributed by atoms with van der Waals surface area (Å²) in [6.07, 6.45) is 4.39. The molecule has 5 nitrogen and oxygen atoms in total. The summed E-state index contributed by atoms with van der Waals surface area (Å²) >= 11 is 0. The summed E-state index contributed by atoms with van der Waals surface area (Å²) in [5, 5.41) is 12.3. The summed E-state index contributed by atoms with van der Waals surface area (Å²) in [4.78, 5) is 5.11. The topological polar surface area (TPSA) is 72.2 Å². The number of rotatable bonds is 6. The predicted octanol–water partition coefficient (Wildman–Crippen LogP) is 1.53. The van der Waals surface area contributed by atoms with E-state index in [-0.39, 0.29) is 6.61 Å². The number of aliphatic hydroxyl groups is 1. The monoisotopic (exact) mass is 198 g/mol. The van der Waals surface area contributed by atoms with Gasteiger partial charge in [-0.15, -0.1) is 0 Å². The fraction of sp³-hybridized carbons (Fsp3) is 1.00. The van der Waals surface area contributed by atoms with E-state index in [9.17, 15) is 0 Å². The lowest BCUT2D eigenvalue weighted by Gasteiger charge is -2.23. The van der Waals surface area contributed by atoms with E-state index in [0.717, 1.165) is 25.9 Å². The highest BCUT2D eigenvalue weighted by molar-refractivity contribution is 4.79. The fourth-order valence-electron chi connectivity index (χ4n) is 2.06. The Morgan fingerprint density at radius 1 is 1.57 bits per heavy atom. The molecule has 0 aromatic rings. The van der Waals surface area contributed by atoms with Crippen LogP contribution in [-0.2, 0) is 0 Å². The van der Waals surface area contributed by atoms with E-state index >= 15 is 0 Å². The Labute approximate surface area is 84.3 Å². The Hall–Kier alpha value is -0.770. The minimum atomic E-state index is 0.278. The van der Waals surface area contributed by atoms with Crippen LogP contribution in [0.25, 0.3) is 10.4 Å². The van der Waals surface area contributed by atoms with Gasteiger partial charge in [-0.05, 0) is 37.8 Å². The molecule has 5 heteroatoms. The lowest BCUT2D eigenvalue weighted by Crippen LogP contribution is -2.31. The van der Waals surface area contributed by atoms with Gasteiger partial charge in [0.1, 0.15) is 0 Å². The number of nitrogens with zero attached hydrogens (tertiary/aromatic N) is 4. The maximum absolute atomic E-state index is 8.74. The Kier molecular flexibility index (Phi) is 5.37. The molecule has 0 aromatic carbocycles. The standard InChI is InChI=1S/C9H18N4O/c10-12-11-5-7-13-6-1-3-9(13)4-2-8-14/h9,14H,1-8H2. The maximum atomic E-state index is 8.74. The second kappa shape index (κ2) is 6.65. The molecule has 1 heterocycles. The summed E-state index contributed by atoms with van der Waals surface area (Å²) in [6, 6.07) is 0.594. The van der Waals surface area contributed by atoms with E-state index < -0.39 is 0 Å². The van der Waals surface area contributed by atoms with Crippen molar-refractivity contribution in [3.05, 3.63) is 10.4 Å². The molecular formula is C9H18N4O. The third-order valence-corrected chi connectivity index (χ3v) is 2.74. The van der Waals surface area contributed by atoms with Crippen LogP contribution in [0.5, 0.6) is 0 Å². The Balaban J connectivity index is 2.23. The average Bonchev–Trinajstić information content (AvgIpc) is 2.63.